The minimum Gasteiger partial charge on any atom is -0.497 e. The maximum Gasteiger partial charge on any atom is 0.183 e. The average Bonchev–Trinajstić information content (AvgIpc) is 2.88. The minimum atomic E-state index is -0.339. The van der Waals surface area contributed by atoms with Gasteiger partial charge < -0.3 is 10.1 Å². The molecule has 3 nitrogen and oxygen atoms in total. The fourth-order valence-electron chi connectivity index (χ4n) is 3.03. The summed E-state index contributed by atoms with van der Waals surface area (Å²) in [5, 5.41) is 3.44. The van der Waals surface area contributed by atoms with Crippen LogP contribution in [-0.2, 0) is 0 Å². The molecule has 1 N–H and O–H groups in total. The molecule has 0 saturated carbocycles. The van der Waals surface area contributed by atoms with Gasteiger partial charge in [0.05, 0.1) is 12.6 Å². The molecule has 1 aliphatic heterocycles. The predicted molar refractivity (Wildman–Crippen MR) is 76.9 cm³/mol. The van der Waals surface area contributed by atoms with E-state index in [0.717, 1.165) is 49.1 Å². The number of Topliss-reactive ketones (excluding diaryl/α,β-unsaturated/α-hetero) is 1. The summed E-state index contributed by atoms with van der Waals surface area (Å²) in [5.74, 6) is 1.05. The second-order valence-electron chi connectivity index (χ2n) is 5.37. The quantitative estimate of drug-likeness (QED) is 0.828. The van der Waals surface area contributed by atoms with Crippen molar-refractivity contribution in [2.24, 2.45) is 0 Å². The van der Waals surface area contributed by atoms with Crippen molar-refractivity contribution in [1.29, 1.82) is 0 Å². The zero-order valence-corrected chi connectivity index (χ0v) is 12.1. The monoisotopic (exact) mass is 261 g/mol. The maximum atomic E-state index is 12.9. The molecule has 0 radical (unpaired) electrons. The van der Waals surface area contributed by atoms with Crippen LogP contribution in [0.1, 0.15) is 48.5 Å². The topological polar surface area (TPSA) is 38.3 Å². The van der Waals surface area contributed by atoms with Crippen molar-refractivity contribution in [3.63, 3.8) is 0 Å². The Morgan fingerprint density at radius 3 is 2.79 bits per heavy atom. The molecule has 19 heavy (non-hydrogen) atoms. The van der Waals surface area contributed by atoms with Gasteiger partial charge in [0.25, 0.3) is 0 Å². The van der Waals surface area contributed by atoms with Crippen LogP contribution in [-0.4, -0.2) is 25.0 Å². The van der Waals surface area contributed by atoms with E-state index in [4.69, 9.17) is 4.74 Å². The number of carbonyl (C=O) groups is 1. The second kappa shape index (κ2) is 5.74. The van der Waals surface area contributed by atoms with Crippen LogP contribution in [0.2, 0.25) is 0 Å². The highest BCUT2D eigenvalue weighted by Gasteiger charge is 2.40. The number of ether oxygens (including phenoxy) is 1. The SMILES string of the molecule is CCCC1(C(=O)c2ccc(OC)cc2C)CCCN1. The van der Waals surface area contributed by atoms with Crippen molar-refractivity contribution in [3.8, 4) is 5.75 Å². The molecular formula is C16H23NO2. The maximum absolute atomic E-state index is 12.9. The molecule has 104 valence electrons. The van der Waals surface area contributed by atoms with Gasteiger partial charge in [-0.2, -0.15) is 0 Å². The highest BCUT2D eigenvalue weighted by molar-refractivity contribution is 6.04. The summed E-state index contributed by atoms with van der Waals surface area (Å²) in [5.41, 5.74) is 1.48. The molecule has 0 aliphatic carbocycles. The Hall–Kier alpha value is -1.35. The highest BCUT2D eigenvalue weighted by atomic mass is 16.5. The van der Waals surface area contributed by atoms with Crippen molar-refractivity contribution in [1.82, 2.24) is 5.32 Å². The predicted octanol–water partition coefficient (Wildman–Crippen LogP) is 3.11. The van der Waals surface area contributed by atoms with Crippen LogP contribution in [0.25, 0.3) is 0 Å². The van der Waals surface area contributed by atoms with Gasteiger partial charge in [-0.15, -0.1) is 0 Å². The van der Waals surface area contributed by atoms with Crippen LogP contribution < -0.4 is 10.1 Å². The third-order valence-electron chi connectivity index (χ3n) is 4.03. The molecule has 1 aliphatic rings. The van der Waals surface area contributed by atoms with Gasteiger partial charge in [-0.3, -0.25) is 4.79 Å². The summed E-state index contributed by atoms with van der Waals surface area (Å²) in [4.78, 5) is 12.9. The lowest BCUT2D eigenvalue weighted by Crippen LogP contribution is -2.47. The summed E-state index contributed by atoms with van der Waals surface area (Å²) in [6.07, 6.45) is 3.97. The van der Waals surface area contributed by atoms with Crippen molar-refractivity contribution >= 4 is 5.78 Å². The summed E-state index contributed by atoms with van der Waals surface area (Å²) in [6, 6.07) is 5.70. The first-order valence-electron chi connectivity index (χ1n) is 7.07. The van der Waals surface area contributed by atoms with Gasteiger partial charge in [0.1, 0.15) is 5.75 Å². The van der Waals surface area contributed by atoms with Gasteiger partial charge in [0.2, 0.25) is 0 Å². The lowest BCUT2D eigenvalue weighted by atomic mass is 9.82. The number of carbonyl (C=O) groups excluding carboxylic acids is 1. The third-order valence-corrected chi connectivity index (χ3v) is 4.03. The third kappa shape index (κ3) is 2.66. The number of methoxy groups -OCH3 is 1. The number of aryl methyl sites for hydroxylation is 1. The van der Waals surface area contributed by atoms with Crippen LogP contribution in [0, 0.1) is 6.92 Å². The molecule has 1 heterocycles. The van der Waals surface area contributed by atoms with Crippen molar-refractivity contribution in [2.75, 3.05) is 13.7 Å². The van der Waals surface area contributed by atoms with Crippen molar-refractivity contribution < 1.29 is 9.53 Å². The van der Waals surface area contributed by atoms with Crippen LogP contribution in [0.15, 0.2) is 18.2 Å². The lowest BCUT2D eigenvalue weighted by Gasteiger charge is -2.28. The van der Waals surface area contributed by atoms with Crippen LogP contribution in [0.5, 0.6) is 5.75 Å². The summed E-state index contributed by atoms with van der Waals surface area (Å²) < 4.78 is 5.20. The number of rotatable bonds is 5. The largest absolute Gasteiger partial charge is 0.497 e. The van der Waals surface area contributed by atoms with E-state index in [0.29, 0.717) is 0 Å². The first-order valence-corrected chi connectivity index (χ1v) is 7.07. The fraction of sp³-hybridized carbons (Fsp3) is 0.562. The van der Waals surface area contributed by atoms with Crippen LogP contribution in [0.3, 0.4) is 0 Å². The molecule has 1 saturated heterocycles. The number of nitrogens with one attached hydrogen (secondary N) is 1. The van der Waals surface area contributed by atoms with E-state index < -0.39 is 0 Å². The van der Waals surface area contributed by atoms with E-state index in [-0.39, 0.29) is 11.3 Å². The van der Waals surface area contributed by atoms with E-state index in [2.05, 4.69) is 12.2 Å². The molecule has 1 aromatic carbocycles. The first kappa shape index (κ1) is 14.1. The van der Waals surface area contributed by atoms with Gasteiger partial charge in [-0.1, -0.05) is 13.3 Å². The fourth-order valence-corrected chi connectivity index (χ4v) is 3.03. The van der Waals surface area contributed by atoms with Gasteiger partial charge >= 0.3 is 0 Å². The first-order chi connectivity index (χ1) is 9.13. The Bertz CT molecular complexity index is 462. The molecule has 0 aromatic heterocycles. The van der Waals surface area contributed by atoms with Gasteiger partial charge in [-0.05, 0) is 56.5 Å². The zero-order valence-electron chi connectivity index (χ0n) is 12.1. The smallest absolute Gasteiger partial charge is 0.183 e. The number of hydrogen-bond donors (Lipinski definition) is 1. The van der Waals surface area contributed by atoms with E-state index in [1.165, 1.54) is 0 Å². The number of hydrogen-bond acceptors (Lipinski definition) is 3. The van der Waals surface area contributed by atoms with Crippen molar-refractivity contribution in [2.45, 2.75) is 45.1 Å². The normalized spacial score (nSPS) is 22.5. The molecule has 1 fully saturated rings. The summed E-state index contributed by atoms with van der Waals surface area (Å²) >= 11 is 0. The Balaban J connectivity index is 2.32. The van der Waals surface area contributed by atoms with E-state index in [9.17, 15) is 4.79 Å². The van der Waals surface area contributed by atoms with E-state index in [1.807, 2.05) is 25.1 Å². The molecule has 0 amide bonds. The number of ketones is 1. The number of benzene rings is 1. The van der Waals surface area contributed by atoms with E-state index >= 15 is 0 Å². The van der Waals surface area contributed by atoms with Gasteiger partial charge in [-0.25, -0.2) is 0 Å². The van der Waals surface area contributed by atoms with Gasteiger partial charge in [0.15, 0.2) is 5.78 Å². The molecule has 2 rings (SSSR count). The van der Waals surface area contributed by atoms with Crippen molar-refractivity contribution in [3.05, 3.63) is 29.3 Å². The van der Waals surface area contributed by atoms with Crippen LogP contribution in [0.4, 0.5) is 0 Å². The molecule has 0 bridgehead atoms. The Labute approximate surface area is 115 Å². The zero-order chi connectivity index (χ0) is 13.9. The standard InChI is InChI=1S/C16H23NO2/c1-4-8-16(9-5-10-17-16)15(18)14-7-6-13(19-3)11-12(14)2/h6-7,11,17H,4-5,8-10H2,1-3H3. The molecule has 1 aromatic rings. The molecule has 1 unspecified atom stereocenters. The Morgan fingerprint density at radius 2 is 2.26 bits per heavy atom. The summed E-state index contributed by atoms with van der Waals surface area (Å²) in [7, 11) is 1.65. The molecular weight excluding hydrogens is 238 g/mol. The van der Waals surface area contributed by atoms with Gasteiger partial charge in [0, 0.05) is 5.56 Å². The van der Waals surface area contributed by atoms with Crippen LogP contribution >= 0.6 is 0 Å². The lowest BCUT2D eigenvalue weighted by molar-refractivity contribution is 0.0857. The molecule has 1 atom stereocenters. The minimum absolute atomic E-state index is 0.243. The second-order valence-corrected chi connectivity index (χ2v) is 5.37. The van der Waals surface area contributed by atoms with E-state index in [1.54, 1.807) is 7.11 Å². The Morgan fingerprint density at radius 1 is 1.47 bits per heavy atom. The Kier molecular flexibility index (Phi) is 4.25. The summed E-state index contributed by atoms with van der Waals surface area (Å²) in [6.45, 7) is 5.06. The molecule has 3 heteroatoms. The molecule has 0 spiro atoms. The highest BCUT2D eigenvalue weighted by Crippen LogP contribution is 2.30. The average molecular weight is 261 g/mol.